The second-order valence-electron chi connectivity index (χ2n) is 2.57. The Bertz CT molecular complexity index is 280. The third-order valence-electron chi connectivity index (χ3n) is 1.59. The molecule has 0 radical (unpaired) electrons. The molecule has 4 N–H and O–H groups in total. The standard InChI is InChI=1S/C8H12ClN3O/c9-8-7(10)6(2-4-12-8)11-3-1-5-13/h2,4,13H,1,3,5,10H2,(H,11,12). The highest BCUT2D eigenvalue weighted by atomic mass is 35.5. The summed E-state index contributed by atoms with van der Waals surface area (Å²) >= 11 is 5.70. The lowest BCUT2D eigenvalue weighted by atomic mass is 10.3. The van der Waals surface area contributed by atoms with Crippen molar-refractivity contribution in [3.63, 3.8) is 0 Å². The number of anilines is 2. The van der Waals surface area contributed by atoms with E-state index in [1.165, 1.54) is 0 Å². The fourth-order valence-corrected chi connectivity index (χ4v) is 1.06. The lowest BCUT2D eigenvalue weighted by Gasteiger charge is -2.08. The molecule has 1 heterocycles. The van der Waals surface area contributed by atoms with Crippen molar-refractivity contribution >= 4 is 23.0 Å². The number of nitrogens with two attached hydrogens (primary N) is 1. The first-order chi connectivity index (χ1) is 6.25. The number of aromatic nitrogens is 1. The van der Waals surface area contributed by atoms with Gasteiger partial charge in [-0.1, -0.05) is 11.6 Å². The summed E-state index contributed by atoms with van der Waals surface area (Å²) in [5.41, 5.74) is 6.85. The van der Waals surface area contributed by atoms with Crippen molar-refractivity contribution in [2.45, 2.75) is 6.42 Å². The molecular formula is C8H12ClN3O. The van der Waals surface area contributed by atoms with Crippen molar-refractivity contribution in [1.82, 2.24) is 4.98 Å². The van der Waals surface area contributed by atoms with Crippen LogP contribution in [0.2, 0.25) is 5.15 Å². The van der Waals surface area contributed by atoms with Crippen LogP contribution < -0.4 is 11.1 Å². The summed E-state index contributed by atoms with van der Waals surface area (Å²) in [6.45, 7) is 0.826. The van der Waals surface area contributed by atoms with Crippen molar-refractivity contribution in [3.05, 3.63) is 17.4 Å². The zero-order valence-electron chi connectivity index (χ0n) is 7.13. The van der Waals surface area contributed by atoms with Crippen LogP contribution in [0.5, 0.6) is 0 Å². The number of hydrogen-bond donors (Lipinski definition) is 3. The number of nitrogen functional groups attached to an aromatic ring is 1. The number of nitrogens with one attached hydrogen (secondary N) is 1. The average molecular weight is 202 g/mol. The Balaban J connectivity index is 2.61. The van der Waals surface area contributed by atoms with Gasteiger partial charge in [0.25, 0.3) is 0 Å². The van der Waals surface area contributed by atoms with E-state index in [-0.39, 0.29) is 6.61 Å². The topological polar surface area (TPSA) is 71.2 Å². The fourth-order valence-electron chi connectivity index (χ4n) is 0.904. The number of hydrogen-bond acceptors (Lipinski definition) is 4. The summed E-state index contributed by atoms with van der Waals surface area (Å²) in [4.78, 5) is 3.82. The quantitative estimate of drug-likeness (QED) is 0.504. The van der Waals surface area contributed by atoms with Crippen LogP contribution in [0.1, 0.15) is 6.42 Å². The van der Waals surface area contributed by atoms with Gasteiger partial charge in [-0.25, -0.2) is 4.98 Å². The Labute approximate surface area is 81.7 Å². The van der Waals surface area contributed by atoms with Crippen LogP contribution in [0.4, 0.5) is 11.4 Å². The molecule has 13 heavy (non-hydrogen) atoms. The van der Waals surface area contributed by atoms with Crippen molar-refractivity contribution < 1.29 is 5.11 Å². The number of aliphatic hydroxyl groups is 1. The van der Waals surface area contributed by atoms with Crippen molar-refractivity contribution in [1.29, 1.82) is 0 Å². The maximum Gasteiger partial charge on any atom is 0.153 e. The molecule has 0 saturated heterocycles. The average Bonchev–Trinajstić information content (AvgIpc) is 2.13. The first-order valence-corrected chi connectivity index (χ1v) is 4.38. The first-order valence-electron chi connectivity index (χ1n) is 4.00. The van der Waals surface area contributed by atoms with E-state index in [2.05, 4.69) is 10.3 Å². The summed E-state index contributed by atoms with van der Waals surface area (Å²) in [5.74, 6) is 0. The highest BCUT2D eigenvalue weighted by molar-refractivity contribution is 6.32. The van der Waals surface area contributed by atoms with Gasteiger partial charge in [-0.15, -0.1) is 0 Å². The van der Waals surface area contributed by atoms with Gasteiger partial charge in [-0.05, 0) is 12.5 Å². The van der Waals surface area contributed by atoms with E-state index in [0.29, 0.717) is 23.8 Å². The molecule has 0 aliphatic rings. The van der Waals surface area contributed by atoms with E-state index in [0.717, 1.165) is 5.69 Å². The maximum absolute atomic E-state index is 8.56. The Morgan fingerprint density at radius 2 is 2.38 bits per heavy atom. The van der Waals surface area contributed by atoms with Gasteiger partial charge < -0.3 is 16.2 Å². The van der Waals surface area contributed by atoms with Crippen molar-refractivity contribution in [3.8, 4) is 0 Å². The minimum absolute atomic E-state index is 0.158. The van der Waals surface area contributed by atoms with Crippen molar-refractivity contribution in [2.75, 3.05) is 24.2 Å². The van der Waals surface area contributed by atoms with Crippen molar-refractivity contribution in [2.24, 2.45) is 0 Å². The molecular weight excluding hydrogens is 190 g/mol. The van der Waals surface area contributed by atoms with Crippen LogP contribution >= 0.6 is 11.6 Å². The van der Waals surface area contributed by atoms with E-state index < -0.39 is 0 Å². The Hall–Kier alpha value is -1.00. The van der Waals surface area contributed by atoms with Gasteiger partial charge in [-0.3, -0.25) is 0 Å². The highest BCUT2D eigenvalue weighted by Crippen LogP contribution is 2.23. The minimum Gasteiger partial charge on any atom is -0.396 e. The smallest absolute Gasteiger partial charge is 0.153 e. The molecule has 1 aromatic rings. The van der Waals surface area contributed by atoms with Crippen LogP contribution in [0.25, 0.3) is 0 Å². The lowest BCUT2D eigenvalue weighted by Crippen LogP contribution is -2.06. The first kappa shape index (κ1) is 10.1. The predicted octanol–water partition coefficient (Wildman–Crippen LogP) is 1.11. The van der Waals surface area contributed by atoms with Crippen LogP contribution in [0.3, 0.4) is 0 Å². The largest absolute Gasteiger partial charge is 0.396 e. The number of halogens is 1. The van der Waals surface area contributed by atoms with E-state index in [9.17, 15) is 0 Å². The summed E-state index contributed by atoms with van der Waals surface area (Å²) in [5, 5.41) is 11.9. The summed E-state index contributed by atoms with van der Waals surface area (Å²) < 4.78 is 0. The fraction of sp³-hybridized carbons (Fsp3) is 0.375. The van der Waals surface area contributed by atoms with Gasteiger partial charge in [0.1, 0.15) is 0 Å². The van der Waals surface area contributed by atoms with E-state index in [1.807, 2.05) is 0 Å². The molecule has 0 unspecified atom stereocenters. The molecule has 1 rings (SSSR count). The SMILES string of the molecule is Nc1c(NCCCO)ccnc1Cl. The molecule has 5 heteroatoms. The van der Waals surface area contributed by atoms with Gasteiger partial charge in [0.15, 0.2) is 5.15 Å². The molecule has 0 aliphatic heterocycles. The van der Waals surface area contributed by atoms with Crippen LogP contribution in [-0.4, -0.2) is 23.2 Å². The molecule has 4 nitrogen and oxygen atoms in total. The van der Waals surface area contributed by atoms with Crippen LogP contribution in [0.15, 0.2) is 12.3 Å². The third-order valence-corrected chi connectivity index (χ3v) is 1.89. The number of rotatable bonds is 4. The van der Waals surface area contributed by atoms with Gasteiger partial charge in [0, 0.05) is 19.3 Å². The molecule has 0 fully saturated rings. The van der Waals surface area contributed by atoms with Gasteiger partial charge in [0.05, 0.1) is 11.4 Å². The molecule has 1 aromatic heterocycles. The number of pyridine rings is 1. The number of aliphatic hydroxyl groups excluding tert-OH is 1. The second kappa shape index (κ2) is 4.89. The predicted molar refractivity (Wildman–Crippen MR) is 53.9 cm³/mol. The highest BCUT2D eigenvalue weighted by Gasteiger charge is 2.02. The van der Waals surface area contributed by atoms with Crippen LogP contribution in [-0.2, 0) is 0 Å². The third kappa shape index (κ3) is 2.75. The number of nitrogens with zero attached hydrogens (tertiary/aromatic N) is 1. The molecule has 0 aromatic carbocycles. The molecule has 0 amide bonds. The van der Waals surface area contributed by atoms with E-state index in [4.69, 9.17) is 22.4 Å². The van der Waals surface area contributed by atoms with Gasteiger partial charge >= 0.3 is 0 Å². The lowest BCUT2D eigenvalue weighted by molar-refractivity contribution is 0.292. The molecule has 0 atom stereocenters. The zero-order chi connectivity index (χ0) is 9.68. The van der Waals surface area contributed by atoms with E-state index in [1.54, 1.807) is 12.3 Å². The Morgan fingerprint density at radius 1 is 1.62 bits per heavy atom. The minimum atomic E-state index is 0.158. The van der Waals surface area contributed by atoms with E-state index >= 15 is 0 Å². The maximum atomic E-state index is 8.56. The van der Waals surface area contributed by atoms with Crippen LogP contribution in [0, 0.1) is 0 Å². The summed E-state index contributed by atoms with van der Waals surface area (Å²) in [7, 11) is 0. The second-order valence-corrected chi connectivity index (χ2v) is 2.92. The molecule has 0 aliphatic carbocycles. The monoisotopic (exact) mass is 201 g/mol. The van der Waals surface area contributed by atoms with Gasteiger partial charge in [0.2, 0.25) is 0 Å². The molecule has 0 saturated carbocycles. The Kier molecular flexibility index (Phi) is 3.79. The Morgan fingerprint density at radius 3 is 3.08 bits per heavy atom. The molecule has 72 valence electrons. The summed E-state index contributed by atoms with van der Waals surface area (Å²) in [6.07, 6.45) is 2.26. The zero-order valence-corrected chi connectivity index (χ0v) is 7.88. The summed E-state index contributed by atoms with van der Waals surface area (Å²) in [6, 6.07) is 1.75. The van der Waals surface area contributed by atoms with Gasteiger partial charge in [-0.2, -0.15) is 0 Å². The normalized spacial score (nSPS) is 10.0. The molecule has 0 bridgehead atoms. The molecule has 0 spiro atoms.